The zero-order valence-corrected chi connectivity index (χ0v) is 13.8. The molecule has 0 aliphatic heterocycles. The number of nitrogens with zero attached hydrogens (tertiary/aromatic N) is 2. The molecule has 0 saturated heterocycles. The fourth-order valence-electron chi connectivity index (χ4n) is 2.31. The Balaban J connectivity index is 2.11. The minimum Gasteiger partial charge on any atom is -0.480 e. The number of carbonyl (C=O) groups is 2. The molecule has 0 spiro atoms. The van der Waals surface area contributed by atoms with Gasteiger partial charge in [0.25, 0.3) is 5.91 Å². The van der Waals surface area contributed by atoms with E-state index >= 15 is 0 Å². The summed E-state index contributed by atoms with van der Waals surface area (Å²) in [4.78, 5) is 23.6. The summed E-state index contributed by atoms with van der Waals surface area (Å²) in [5.74, 6) is -1.49. The Bertz CT molecular complexity index is 735. The van der Waals surface area contributed by atoms with Gasteiger partial charge < -0.3 is 10.4 Å². The van der Waals surface area contributed by atoms with Crippen LogP contribution in [0.25, 0.3) is 0 Å². The highest BCUT2D eigenvalue weighted by molar-refractivity contribution is 5.97. The first-order chi connectivity index (χ1) is 11.5. The van der Waals surface area contributed by atoms with Gasteiger partial charge in [0.2, 0.25) is 0 Å². The van der Waals surface area contributed by atoms with Gasteiger partial charge in [0.15, 0.2) is 0 Å². The number of rotatable bonds is 7. The zero-order valence-electron chi connectivity index (χ0n) is 13.8. The fraction of sp³-hybridized carbons (Fsp3) is 0.278. The van der Waals surface area contributed by atoms with Crippen LogP contribution in [0.4, 0.5) is 0 Å². The van der Waals surface area contributed by atoms with Crippen molar-refractivity contribution >= 4 is 11.9 Å². The molecule has 0 radical (unpaired) electrons. The molecule has 0 aliphatic carbocycles. The molecule has 24 heavy (non-hydrogen) atoms. The van der Waals surface area contributed by atoms with E-state index in [-0.39, 0.29) is 6.42 Å². The summed E-state index contributed by atoms with van der Waals surface area (Å²) in [7, 11) is 0. The second-order valence-corrected chi connectivity index (χ2v) is 5.46. The summed E-state index contributed by atoms with van der Waals surface area (Å²) < 4.78 is 1.73. The first-order valence-corrected chi connectivity index (χ1v) is 7.74. The number of amides is 1. The highest BCUT2D eigenvalue weighted by Crippen LogP contribution is 2.11. The summed E-state index contributed by atoms with van der Waals surface area (Å²) in [6.45, 7) is 4.16. The highest BCUT2D eigenvalue weighted by Gasteiger charge is 2.22. The van der Waals surface area contributed by atoms with Crippen LogP contribution in [0.15, 0.2) is 48.7 Å². The SMILES string of the molecule is C/C=C/CC(NC(=O)c1cnn(Cc2ccccc2)c1C)C(=O)O. The van der Waals surface area contributed by atoms with Crippen LogP contribution in [-0.2, 0) is 11.3 Å². The first-order valence-electron chi connectivity index (χ1n) is 7.74. The number of hydrogen-bond donors (Lipinski definition) is 2. The Morgan fingerprint density at radius 2 is 2.04 bits per heavy atom. The van der Waals surface area contributed by atoms with Crippen molar-refractivity contribution in [1.29, 1.82) is 0 Å². The first kappa shape index (κ1) is 17.5. The molecule has 1 atom stereocenters. The smallest absolute Gasteiger partial charge is 0.326 e. The molecular weight excluding hydrogens is 306 g/mol. The van der Waals surface area contributed by atoms with Crippen molar-refractivity contribution in [3.05, 3.63) is 65.5 Å². The Morgan fingerprint density at radius 3 is 2.67 bits per heavy atom. The number of allylic oxidation sites excluding steroid dienone is 1. The van der Waals surface area contributed by atoms with Gasteiger partial charge >= 0.3 is 5.97 Å². The molecule has 1 amide bonds. The Labute approximate surface area is 140 Å². The van der Waals surface area contributed by atoms with Gasteiger partial charge in [0.05, 0.1) is 18.3 Å². The lowest BCUT2D eigenvalue weighted by Crippen LogP contribution is -2.40. The molecule has 126 valence electrons. The molecule has 1 aromatic heterocycles. The highest BCUT2D eigenvalue weighted by atomic mass is 16.4. The molecule has 2 rings (SSSR count). The number of benzene rings is 1. The van der Waals surface area contributed by atoms with Crippen LogP contribution in [0.3, 0.4) is 0 Å². The third-order valence-electron chi connectivity index (χ3n) is 3.73. The van der Waals surface area contributed by atoms with E-state index in [1.807, 2.05) is 30.3 Å². The number of carbonyl (C=O) groups excluding carboxylic acids is 1. The van der Waals surface area contributed by atoms with Gasteiger partial charge in [-0.3, -0.25) is 9.48 Å². The number of aromatic nitrogens is 2. The summed E-state index contributed by atoms with van der Waals surface area (Å²) >= 11 is 0. The van der Waals surface area contributed by atoms with Gasteiger partial charge in [-0.15, -0.1) is 0 Å². The molecule has 1 unspecified atom stereocenters. The van der Waals surface area contributed by atoms with Crippen LogP contribution in [0, 0.1) is 6.92 Å². The van der Waals surface area contributed by atoms with Crippen LogP contribution in [0.2, 0.25) is 0 Å². The van der Waals surface area contributed by atoms with Crippen molar-refractivity contribution in [1.82, 2.24) is 15.1 Å². The second kappa shape index (κ2) is 8.10. The summed E-state index contributed by atoms with van der Waals surface area (Å²) in [5, 5.41) is 16.0. The van der Waals surface area contributed by atoms with Crippen LogP contribution < -0.4 is 5.32 Å². The topological polar surface area (TPSA) is 84.2 Å². The van der Waals surface area contributed by atoms with Crippen LogP contribution >= 0.6 is 0 Å². The van der Waals surface area contributed by atoms with E-state index in [0.29, 0.717) is 17.8 Å². The van der Waals surface area contributed by atoms with E-state index in [1.54, 1.807) is 30.7 Å². The average molecular weight is 327 g/mol. The van der Waals surface area contributed by atoms with Gasteiger partial charge in [-0.2, -0.15) is 5.10 Å². The van der Waals surface area contributed by atoms with Crippen molar-refractivity contribution in [3.8, 4) is 0 Å². The van der Waals surface area contributed by atoms with Gasteiger partial charge in [-0.1, -0.05) is 42.5 Å². The zero-order chi connectivity index (χ0) is 17.5. The molecule has 0 aliphatic rings. The molecule has 0 fully saturated rings. The minimum atomic E-state index is -1.06. The van der Waals surface area contributed by atoms with Crippen LogP contribution in [0.5, 0.6) is 0 Å². The molecule has 1 aromatic carbocycles. The maximum Gasteiger partial charge on any atom is 0.326 e. The lowest BCUT2D eigenvalue weighted by Gasteiger charge is -2.12. The summed E-state index contributed by atoms with van der Waals surface area (Å²) in [6.07, 6.45) is 5.19. The molecule has 2 aromatic rings. The van der Waals surface area contributed by atoms with Crippen molar-refractivity contribution < 1.29 is 14.7 Å². The normalized spacial score (nSPS) is 12.2. The second-order valence-electron chi connectivity index (χ2n) is 5.46. The average Bonchev–Trinajstić information content (AvgIpc) is 2.93. The van der Waals surface area contributed by atoms with Gasteiger partial charge in [-0.05, 0) is 25.8 Å². The third kappa shape index (κ3) is 4.32. The van der Waals surface area contributed by atoms with Crippen molar-refractivity contribution in [2.75, 3.05) is 0 Å². The van der Waals surface area contributed by atoms with Crippen LogP contribution in [-0.4, -0.2) is 32.8 Å². The van der Waals surface area contributed by atoms with Crippen molar-refractivity contribution in [2.24, 2.45) is 0 Å². The fourth-order valence-corrected chi connectivity index (χ4v) is 2.31. The van der Waals surface area contributed by atoms with Crippen LogP contribution in [0.1, 0.15) is 35.0 Å². The lowest BCUT2D eigenvalue weighted by molar-refractivity contribution is -0.139. The third-order valence-corrected chi connectivity index (χ3v) is 3.73. The quantitative estimate of drug-likeness (QED) is 0.765. The number of nitrogens with one attached hydrogen (secondary N) is 1. The van der Waals surface area contributed by atoms with E-state index in [9.17, 15) is 14.7 Å². The summed E-state index contributed by atoms with van der Waals surface area (Å²) in [5.41, 5.74) is 2.16. The number of carboxylic acids is 1. The van der Waals surface area contributed by atoms with Gasteiger partial charge in [-0.25, -0.2) is 4.79 Å². The van der Waals surface area contributed by atoms with Gasteiger partial charge in [0.1, 0.15) is 6.04 Å². The lowest BCUT2D eigenvalue weighted by atomic mass is 10.1. The predicted octanol–water partition coefficient (Wildman–Crippen LogP) is 2.39. The monoisotopic (exact) mass is 327 g/mol. The van der Waals surface area contributed by atoms with E-state index < -0.39 is 17.9 Å². The largest absolute Gasteiger partial charge is 0.480 e. The molecule has 0 saturated carbocycles. The molecule has 1 heterocycles. The molecule has 6 heteroatoms. The van der Waals surface area contributed by atoms with E-state index in [4.69, 9.17) is 0 Å². The van der Waals surface area contributed by atoms with Crippen molar-refractivity contribution in [2.45, 2.75) is 32.9 Å². The molecule has 2 N–H and O–H groups in total. The Hall–Kier alpha value is -2.89. The maximum absolute atomic E-state index is 12.4. The maximum atomic E-state index is 12.4. The molecule has 6 nitrogen and oxygen atoms in total. The Morgan fingerprint density at radius 1 is 1.33 bits per heavy atom. The number of hydrogen-bond acceptors (Lipinski definition) is 3. The number of aliphatic carboxylic acids is 1. The molecule has 0 bridgehead atoms. The Kier molecular flexibility index (Phi) is 5.89. The van der Waals surface area contributed by atoms with Gasteiger partial charge in [0, 0.05) is 5.69 Å². The predicted molar refractivity (Wildman–Crippen MR) is 90.8 cm³/mol. The van der Waals surface area contributed by atoms with E-state index in [0.717, 1.165) is 5.56 Å². The molecular formula is C18H21N3O3. The van der Waals surface area contributed by atoms with E-state index in [1.165, 1.54) is 6.20 Å². The minimum absolute atomic E-state index is 0.245. The summed E-state index contributed by atoms with van der Waals surface area (Å²) in [6, 6.07) is 8.85. The standard InChI is InChI=1S/C18H21N3O3/c1-3-4-10-16(18(23)24)20-17(22)15-11-19-21(13(15)2)12-14-8-6-5-7-9-14/h3-9,11,16H,10,12H2,1-2H3,(H,20,22)(H,23,24)/b4-3+. The van der Waals surface area contributed by atoms with E-state index in [2.05, 4.69) is 10.4 Å². The van der Waals surface area contributed by atoms with Crippen molar-refractivity contribution in [3.63, 3.8) is 0 Å². The number of carboxylic acid groups (broad SMARTS) is 1.